The number of piperidine rings is 2. The Bertz CT molecular complexity index is 2250. The van der Waals surface area contributed by atoms with Gasteiger partial charge in [-0.2, -0.15) is 4.98 Å². The second-order valence-electron chi connectivity index (χ2n) is 15.2. The Morgan fingerprint density at radius 3 is 2.45 bits per heavy atom. The number of halogens is 1. The van der Waals surface area contributed by atoms with E-state index in [0.29, 0.717) is 58.8 Å². The summed E-state index contributed by atoms with van der Waals surface area (Å²) in [4.78, 5) is 49.8. The van der Waals surface area contributed by atoms with E-state index in [2.05, 4.69) is 48.3 Å². The number of ether oxygens (including phenoxy) is 1. The number of nitrogens with one attached hydrogen (secondary N) is 4. The number of aromatic nitrogens is 2. The van der Waals surface area contributed by atoms with Gasteiger partial charge in [-0.3, -0.25) is 24.3 Å². The van der Waals surface area contributed by atoms with Crippen LogP contribution in [0.4, 0.5) is 28.8 Å². The number of carbonyl (C=O) groups is 3. The zero-order valence-corrected chi connectivity index (χ0v) is 35.8. The molecular formula is C43H52ClN8O7P. The van der Waals surface area contributed by atoms with Crippen LogP contribution >= 0.6 is 19.2 Å². The van der Waals surface area contributed by atoms with Crippen LogP contribution in [0.5, 0.6) is 5.75 Å². The first-order valence-corrected chi connectivity index (χ1v) is 22.3. The molecule has 3 aliphatic heterocycles. The molecule has 318 valence electrons. The number of fused-ring (bicyclic) bond motifs is 1. The summed E-state index contributed by atoms with van der Waals surface area (Å²) in [5.74, 6) is 0.457. The highest BCUT2D eigenvalue weighted by molar-refractivity contribution is 7.62. The number of hydrogen-bond acceptors (Lipinski definition) is 13. The molecule has 1 aromatic heterocycles. The maximum absolute atomic E-state index is 13.2. The van der Waals surface area contributed by atoms with Gasteiger partial charge in [0.1, 0.15) is 16.8 Å². The fourth-order valence-electron chi connectivity index (χ4n) is 8.07. The molecule has 3 amide bonds. The van der Waals surface area contributed by atoms with E-state index in [1.54, 1.807) is 36.3 Å². The number of rotatable bonds is 18. The van der Waals surface area contributed by atoms with Crippen LogP contribution in [-0.2, 0) is 36.2 Å². The van der Waals surface area contributed by atoms with E-state index in [1.165, 1.54) is 26.0 Å². The van der Waals surface area contributed by atoms with Crippen molar-refractivity contribution in [1.82, 2.24) is 25.5 Å². The van der Waals surface area contributed by atoms with Crippen LogP contribution in [0.1, 0.15) is 72.9 Å². The number of benzene rings is 3. The number of carbonyl (C=O) groups excluding carboxylic acids is 3. The fourth-order valence-corrected chi connectivity index (χ4v) is 9.45. The van der Waals surface area contributed by atoms with Crippen molar-refractivity contribution in [3.63, 3.8) is 0 Å². The molecule has 4 N–H and O–H groups in total. The van der Waals surface area contributed by atoms with Gasteiger partial charge in [0.15, 0.2) is 5.82 Å². The molecule has 0 radical (unpaired) electrons. The van der Waals surface area contributed by atoms with Crippen molar-refractivity contribution in [3.05, 3.63) is 88.6 Å². The maximum atomic E-state index is 13.2. The minimum absolute atomic E-state index is 0.131. The molecule has 7 rings (SSSR count). The molecule has 2 fully saturated rings. The van der Waals surface area contributed by atoms with E-state index >= 15 is 0 Å². The van der Waals surface area contributed by atoms with Crippen LogP contribution in [-0.4, -0.2) is 85.6 Å². The fraction of sp³-hybridized carbons (Fsp3) is 0.419. The van der Waals surface area contributed by atoms with Crippen molar-refractivity contribution in [2.75, 3.05) is 56.5 Å². The van der Waals surface area contributed by atoms with Gasteiger partial charge in [-0.15, -0.1) is 0 Å². The number of methoxy groups -OCH3 is 1. The van der Waals surface area contributed by atoms with Crippen LogP contribution < -0.4 is 36.2 Å². The molecule has 4 heterocycles. The molecule has 3 aliphatic rings. The topological polar surface area (TPSA) is 176 Å². The molecular weight excluding hydrogens is 807 g/mol. The molecule has 0 saturated carbocycles. The number of unbranched alkanes of at least 4 members (excludes halogenated alkanes) is 3. The summed E-state index contributed by atoms with van der Waals surface area (Å²) < 4.78 is 29.4. The van der Waals surface area contributed by atoms with E-state index in [0.717, 1.165) is 75.8 Å². The first-order valence-electron chi connectivity index (χ1n) is 20.4. The summed E-state index contributed by atoms with van der Waals surface area (Å²) in [5, 5.41) is 13.1. The predicted octanol–water partition coefficient (Wildman–Crippen LogP) is 6.86. The number of nitrogens with zero attached hydrogens (tertiary/aromatic N) is 4. The lowest BCUT2D eigenvalue weighted by atomic mass is 10.0. The van der Waals surface area contributed by atoms with Gasteiger partial charge in [0, 0.05) is 63.6 Å². The van der Waals surface area contributed by atoms with Crippen molar-refractivity contribution in [2.24, 2.45) is 0 Å². The SMILES string of the molecule is COc1cc(N2CCC(NCCCCCCc3ccc4c(c3)CN(C3CCC(=O)NC3=O)C4=O)CC2)ccc1Nc1ncc(Cl)c(Nc2ccccc2P(=O)(OC)OC)n1. The Morgan fingerprint density at radius 1 is 0.900 bits per heavy atom. The van der Waals surface area contributed by atoms with E-state index in [4.69, 9.17) is 25.4 Å². The molecule has 17 heteroatoms. The minimum atomic E-state index is -3.56. The number of hydrogen-bond donors (Lipinski definition) is 4. The number of amides is 3. The van der Waals surface area contributed by atoms with Crippen LogP contribution in [0.3, 0.4) is 0 Å². The van der Waals surface area contributed by atoms with Crippen LogP contribution in [0.2, 0.25) is 5.02 Å². The van der Waals surface area contributed by atoms with Gasteiger partial charge in [0.2, 0.25) is 17.8 Å². The molecule has 1 unspecified atom stereocenters. The molecule has 3 aromatic carbocycles. The van der Waals surface area contributed by atoms with Crippen molar-refractivity contribution < 1.29 is 32.7 Å². The molecule has 0 spiro atoms. The summed E-state index contributed by atoms with van der Waals surface area (Å²) in [7, 11) is 0.743. The molecule has 4 aromatic rings. The largest absolute Gasteiger partial charge is 0.494 e. The lowest BCUT2D eigenvalue weighted by Gasteiger charge is -2.34. The van der Waals surface area contributed by atoms with E-state index in [1.807, 2.05) is 24.3 Å². The van der Waals surface area contributed by atoms with Gasteiger partial charge in [-0.05, 0) is 86.5 Å². The van der Waals surface area contributed by atoms with Crippen molar-refractivity contribution in [2.45, 2.75) is 76.4 Å². The molecule has 0 bridgehead atoms. The van der Waals surface area contributed by atoms with Crippen LogP contribution in [0, 0.1) is 0 Å². The number of aryl methyl sites for hydroxylation is 1. The number of imide groups is 1. The van der Waals surface area contributed by atoms with Crippen LogP contribution in [0.15, 0.2) is 66.9 Å². The smallest absolute Gasteiger partial charge is 0.362 e. The van der Waals surface area contributed by atoms with E-state index in [9.17, 15) is 18.9 Å². The molecule has 1 atom stereocenters. The highest BCUT2D eigenvalue weighted by atomic mass is 35.5. The third-order valence-electron chi connectivity index (χ3n) is 11.4. The maximum Gasteiger partial charge on any atom is 0.362 e. The summed E-state index contributed by atoms with van der Waals surface area (Å²) >= 11 is 6.47. The average molecular weight is 859 g/mol. The van der Waals surface area contributed by atoms with Gasteiger partial charge < -0.3 is 39.5 Å². The molecule has 15 nitrogen and oxygen atoms in total. The Labute approximate surface area is 355 Å². The standard InChI is InChI=1S/C43H52ClN8O7P/c1-57-37-25-31(14-16-34(37)48-43-46-26-33(44)40(50-43)47-35-11-7-8-12-38(35)60(56,58-2)59-3)51-22-19-30(20-23-51)45-21-9-5-4-6-10-28-13-15-32-29(24-28)27-52(42(32)55)36-17-18-39(53)49-41(36)54/h7-8,11-16,24-26,30,36,45H,4-6,9-10,17-23,27H2,1-3H3,(H,49,53,54)(H2,46,47,48,50). The quantitative estimate of drug-likeness (QED) is 0.0464. The molecule has 60 heavy (non-hydrogen) atoms. The number of anilines is 5. The predicted molar refractivity (Wildman–Crippen MR) is 232 cm³/mol. The highest BCUT2D eigenvalue weighted by Crippen LogP contribution is 2.47. The Hall–Kier alpha value is -5.05. The molecule has 2 saturated heterocycles. The Kier molecular flexibility index (Phi) is 14.0. The van der Waals surface area contributed by atoms with E-state index in [-0.39, 0.29) is 29.2 Å². The first kappa shape index (κ1) is 43.1. The average Bonchev–Trinajstić information content (AvgIpc) is 3.59. The zero-order chi connectivity index (χ0) is 42.2. The number of para-hydroxylation sites is 1. The van der Waals surface area contributed by atoms with Gasteiger partial charge in [-0.1, -0.05) is 48.7 Å². The van der Waals surface area contributed by atoms with E-state index < -0.39 is 13.6 Å². The minimum Gasteiger partial charge on any atom is -0.494 e. The van der Waals surface area contributed by atoms with Gasteiger partial charge in [0.25, 0.3) is 5.91 Å². The second kappa shape index (κ2) is 19.6. The van der Waals surface area contributed by atoms with Crippen molar-refractivity contribution in [3.8, 4) is 5.75 Å². The van der Waals surface area contributed by atoms with Crippen molar-refractivity contribution >= 4 is 71.1 Å². The molecule has 0 aliphatic carbocycles. The summed E-state index contributed by atoms with van der Waals surface area (Å²) in [6, 6.07) is 18.9. The monoisotopic (exact) mass is 858 g/mol. The van der Waals surface area contributed by atoms with Gasteiger partial charge >= 0.3 is 7.60 Å². The van der Waals surface area contributed by atoms with Gasteiger partial charge in [0.05, 0.1) is 30.0 Å². The van der Waals surface area contributed by atoms with Crippen molar-refractivity contribution in [1.29, 1.82) is 0 Å². The Balaban J connectivity index is 0.829. The lowest BCUT2D eigenvalue weighted by molar-refractivity contribution is -0.136. The summed E-state index contributed by atoms with van der Waals surface area (Å²) in [6.07, 6.45) is 9.64. The van der Waals surface area contributed by atoms with Crippen LogP contribution in [0.25, 0.3) is 0 Å². The lowest BCUT2D eigenvalue weighted by Crippen LogP contribution is -2.52. The highest BCUT2D eigenvalue weighted by Gasteiger charge is 2.39. The normalized spacial score (nSPS) is 17.1. The van der Waals surface area contributed by atoms with Gasteiger partial charge in [-0.25, -0.2) is 4.98 Å². The first-order chi connectivity index (χ1) is 29.1. The zero-order valence-electron chi connectivity index (χ0n) is 34.2. The second-order valence-corrected chi connectivity index (χ2v) is 17.8. The summed E-state index contributed by atoms with van der Waals surface area (Å²) in [5.41, 5.74) is 5.07. The summed E-state index contributed by atoms with van der Waals surface area (Å²) in [6.45, 7) is 3.27. The Morgan fingerprint density at radius 2 is 1.68 bits per heavy atom. The third kappa shape index (κ3) is 9.93. The third-order valence-corrected chi connectivity index (χ3v) is 13.6.